The van der Waals surface area contributed by atoms with Gasteiger partial charge in [-0.15, -0.1) is 0 Å². The van der Waals surface area contributed by atoms with Gasteiger partial charge in [-0.2, -0.15) is 0 Å². The van der Waals surface area contributed by atoms with Crippen molar-refractivity contribution in [3.8, 4) is 0 Å². The van der Waals surface area contributed by atoms with Gasteiger partial charge >= 0.3 is 5.76 Å². The van der Waals surface area contributed by atoms with E-state index in [1.807, 2.05) is 6.07 Å². The highest BCUT2D eigenvalue weighted by atomic mass is 35.5. The number of benzene rings is 1. The first kappa shape index (κ1) is 10.3. The number of oxazole rings is 1. The van der Waals surface area contributed by atoms with Crippen LogP contribution in [-0.4, -0.2) is 4.57 Å². The van der Waals surface area contributed by atoms with Crippen molar-refractivity contribution in [2.24, 2.45) is 5.92 Å². The number of hydrogen-bond donors (Lipinski definition) is 0. The summed E-state index contributed by atoms with van der Waals surface area (Å²) in [6.45, 7) is 4.77. The quantitative estimate of drug-likeness (QED) is 0.788. The first-order valence-corrected chi connectivity index (χ1v) is 5.24. The average molecular weight is 226 g/mol. The van der Waals surface area contributed by atoms with E-state index in [0.717, 1.165) is 5.52 Å². The van der Waals surface area contributed by atoms with Crippen molar-refractivity contribution in [3.63, 3.8) is 0 Å². The Morgan fingerprint density at radius 2 is 2.20 bits per heavy atom. The average Bonchev–Trinajstić information content (AvgIpc) is 2.41. The van der Waals surface area contributed by atoms with Crippen molar-refractivity contribution in [1.82, 2.24) is 4.57 Å². The molecule has 4 heteroatoms. The minimum atomic E-state index is -0.319. The van der Waals surface area contributed by atoms with Crippen LogP contribution in [0.25, 0.3) is 11.1 Å². The lowest BCUT2D eigenvalue weighted by atomic mass is 10.2. The van der Waals surface area contributed by atoms with Gasteiger partial charge in [-0.1, -0.05) is 25.4 Å². The topological polar surface area (TPSA) is 35.1 Å². The third-order valence-corrected chi connectivity index (χ3v) is 2.41. The Labute approximate surface area is 92.3 Å². The van der Waals surface area contributed by atoms with Gasteiger partial charge in [-0.05, 0) is 18.1 Å². The molecule has 3 nitrogen and oxygen atoms in total. The maximum atomic E-state index is 11.5. The molecular formula is C11H12ClNO2. The van der Waals surface area contributed by atoms with Gasteiger partial charge < -0.3 is 4.42 Å². The largest absolute Gasteiger partial charge is 0.419 e. The molecule has 15 heavy (non-hydrogen) atoms. The fourth-order valence-electron chi connectivity index (χ4n) is 1.58. The zero-order chi connectivity index (χ0) is 11.0. The number of hydrogen-bond acceptors (Lipinski definition) is 2. The molecule has 0 atom stereocenters. The van der Waals surface area contributed by atoms with E-state index in [-0.39, 0.29) is 5.76 Å². The van der Waals surface area contributed by atoms with E-state index >= 15 is 0 Å². The van der Waals surface area contributed by atoms with Crippen molar-refractivity contribution >= 4 is 22.7 Å². The molecule has 0 saturated carbocycles. The lowest BCUT2D eigenvalue weighted by Crippen LogP contribution is -2.17. The summed E-state index contributed by atoms with van der Waals surface area (Å²) in [6, 6.07) is 5.23. The molecule has 0 amide bonds. The van der Waals surface area contributed by atoms with E-state index in [0.29, 0.717) is 23.1 Å². The smallest absolute Gasteiger partial charge is 0.408 e. The lowest BCUT2D eigenvalue weighted by molar-refractivity contribution is 0.458. The summed E-state index contributed by atoms with van der Waals surface area (Å²) in [5, 5.41) is 0.577. The first-order chi connectivity index (χ1) is 7.08. The fourth-order valence-corrected chi connectivity index (χ4v) is 1.74. The molecule has 2 aromatic rings. The summed E-state index contributed by atoms with van der Waals surface area (Å²) >= 11 is 5.81. The van der Waals surface area contributed by atoms with E-state index < -0.39 is 0 Å². The highest BCUT2D eigenvalue weighted by Gasteiger charge is 2.10. The molecule has 0 unspecified atom stereocenters. The van der Waals surface area contributed by atoms with Crippen LogP contribution in [0, 0.1) is 5.92 Å². The molecule has 0 aliphatic heterocycles. The first-order valence-electron chi connectivity index (χ1n) is 4.87. The van der Waals surface area contributed by atoms with Crippen molar-refractivity contribution in [2.75, 3.05) is 0 Å². The standard InChI is InChI=1S/C11H12ClNO2/c1-7(2)6-13-9-4-3-8(12)5-10(9)15-11(13)14/h3-5,7H,6H2,1-2H3. The van der Waals surface area contributed by atoms with Gasteiger partial charge in [-0.25, -0.2) is 4.79 Å². The maximum Gasteiger partial charge on any atom is 0.419 e. The zero-order valence-electron chi connectivity index (χ0n) is 8.66. The Morgan fingerprint density at radius 1 is 1.47 bits per heavy atom. The summed E-state index contributed by atoms with van der Waals surface area (Å²) < 4.78 is 6.74. The van der Waals surface area contributed by atoms with Gasteiger partial charge in [0, 0.05) is 17.6 Å². The summed E-state index contributed by atoms with van der Waals surface area (Å²) in [4.78, 5) is 11.5. The predicted octanol–water partition coefficient (Wildman–Crippen LogP) is 2.90. The molecule has 1 heterocycles. The molecule has 0 spiro atoms. The molecule has 0 saturated heterocycles. The molecule has 2 rings (SSSR count). The minimum Gasteiger partial charge on any atom is -0.408 e. The number of aromatic nitrogens is 1. The van der Waals surface area contributed by atoms with Gasteiger partial charge in [0.1, 0.15) is 0 Å². The van der Waals surface area contributed by atoms with Crippen LogP contribution in [0.3, 0.4) is 0 Å². The fraction of sp³-hybridized carbons (Fsp3) is 0.364. The summed E-state index contributed by atoms with van der Waals surface area (Å²) in [7, 11) is 0. The van der Waals surface area contributed by atoms with Crippen molar-refractivity contribution in [3.05, 3.63) is 33.8 Å². The van der Waals surface area contributed by atoms with Crippen LogP contribution in [-0.2, 0) is 6.54 Å². The second kappa shape index (κ2) is 3.74. The Balaban J connectivity index is 2.63. The summed E-state index contributed by atoms with van der Waals surface area (Å²) in [5.74, 6) is 0.0835. The zero-order valence-corrected chi connectivity index (χ0v) is 9.41. The van der Waals surface area contributed by atoms with Crippen LogP contribution in [0.4, 0.5) is 0 Å². The molecule has 1 aromatic carbocycles. The molecule has 0 aliphatic rings. The Kier molecular flexibility index (Phi) is 2.57. The van der Waals surface area contributed by atoms with Gasteiger partial charge in [-0.3, -0.25) is 4.57 Å². The Bertz CT molecular complexity index is 539. The molecule has 0 aliphatic carbocycles. The SMILES string of the molecule is CC(C)Cn1c(=O)oc2cc(Cl)ccc21. The molecule has 80 valence electrons. The van der Waals surface area contributed by atoms with Gasteiger partial charge in [0.05, 0.1) is 5.52 Å². The molecule has 0 N–H and O–H groups in total. The second-order valence-corrected chi connectivity index (χ2v) is 4.42. The monoisotopic (exact) mass is 225 g/mol. The van der Waals surface area contributed by atoms with Gasteiger partial charge in [0.25, 0.3) is 0 Å². The van der Waals surface area contributed by atoms with Crippen LogP contribution in [0.5, 0.6) is 0 Å². The summed E-state index contributed by atoms with van der Waals surface area (Å²) in [6.07, 6.45) is 0. The van der Waals surface area contributed by atoms with Crippen molar-refractivity contribution < 1.29 is 4.42 Å². The number of rotatable bonds is 2. The van der Waals surface area contributed by atoms with Gasteiger partial charge in [0.2, 0.25) is 0 Å². The van der Waals surface area contributed by atoms with E-state index in [2.05, 4.69) is 13.8 Å². The number of nitrogens with zero attached hydrogens (tertiary/aromatic N) is 1. The Hall–Kier alpha value is -1.22. The third kappa shape index (κ3) is 1.92. The van der Waals surface area contributed by atoms with E-state index in [4.69, 9.17) is 16.0 Å². The number of halogens is 1. The minimum absolute atomic E-state index is 0.319. The third-order valence-electron chi connectivity index (χ3n) is 2.18. The molecule has 1 aromatic heterocycles. The van der Waals surface area contributed by atoms with Crippen molar-refractivity contribution in [1.29, 1.82) is 0 Å². The van der Waals surface area contributed by atoms with Crippen LogP contribution in [0.15, 0.2) is 27.4 Å². The van der Waals surface area contributed by atoms with Crippen LogP contribution in [0.1, 0.15) is 13.8 Å². The predicted molar refractivity (Wildman–Crippen MR) is 60.3 cm³/mol. The highest BCUT2D eigenvalue weighted by molar-refractivity contribution is 6.31. The number of fused-ring (bicyclic) bond motifs is 1. The van der Waals surface area contributed by atoms with Crippen LogP contribution >= 0.6 is 11.6 Å². The molecular weight excluding hydrogens is 214 g/mol. The van der Waals surface area contributed by atoms with E-state index in [1.165, 1.54) is 0 Å². The Morgan fingerprint density at radius 3 is 2.87 bits per heavy atom. The molecule has 0 radical (unpaired) electrons. The van der Waals surface area contributed by atoms with Crippen LogP contribution < -0.4 is 5.76 Å². The van der Waals surface area contributed by atoms with Crippen molar-refractivity contribution in [2.45, 2.75) is 20.4 Å². The molecule has 0 bridgehead atoms. The van der Waals surface area contributed by atoms with E-state index in [1.54, 1.807) is 16.7 Å². The summed E-state index contributed by atoms with van der Waals surface area (Å²) in [5.41, 5.74) is 1.35. The molecule has 0 fully saturated rings. The van der Waals surface area contributed by atoms with E-state index in [9.17, 15) is 4.79 Å². The van der Waals surface area contributed by atoms with Crippen LogP contribution in [0.2, 0.25) is 5.02 Å². The lowest BCUT2D eigenvalue weighted by Gasteiger charge is -2.04. The maximum absolute atomic E-state index is 11.5. The second-order valence-electron chi connectivity index (χ2n) is 3.98. The normalized spacial score (nSPS) is 11.5. The van der Waals surface area contributed by atoms with Gasteiger partial charge in [0.15, 0.2) is 5.58 Å². The highest BCUT2D eigenvalue weighted by Crippen LogP contribution is 2.18.